The summed E-state index contributed by atoms with van der Waals surface area (Å²) in [6, 6.07) is 5.71. The Hall–Kier alpha value is -2.98. The van der Waals surface area contributed by atoms with Gasteiger partial charge in [-0.3, -0.25) is 9.59 Å². The zero-order chi connectivity index (χ0) is 23.7. The maximum absolute atomic E-state index is 14.5. The van der Waals surface area contributed by atoms with Crippen LogP contribution in [0, 0.1) is 5.82 Å². The van der Waals surface area contributed by atoms with Crippen molar-refractivity contribution in [2.75, 3.05) is 5.75 Å². The number of imidazole rings is 1. The van der Waals surface area contributed by atoms with E-state index in [2.05, 4.69) is 20.3 Å². The molecule has 0 saturated carbocycles. The van der Waals surface area contributed by atoms with Crippen molar-refractivity contribution in [3.8, 4) is 0 Å². The Morgan fingerprint density at radius 1 is 1.35 bits per heavy atom. The summed E-state index contributed by atoms with van der Waals surface area (Å²) in [6.07, 6.45) is 6.72. The number of nitrogens with zero attached hydrogens (tertiary/aromatic N) is 3. The normalized spacial score (nSPS) is 13.8. The second-order valence-electron chi connectivity index (χ2n) is 8.27. The monoisotopic (exact) mass is 497 g/mol. The van der Waals surface area contributed by atoms with E-state index in [1.165, 1.54) is 28.3 Å². The fourth-order valence-corrected chi connectivity index (χ4v) is 6.41. The minimum atomic E-state index is -0.681. The number of halogens is 1. The Labute approximate surface area is 203 Å². The lowest BCUT2D eigenvalue weighted by atomic mass is 10.1. The summed E-state index contributed by atoms with van der Waals surface area (Å²) < 4.78 is 16.2. The highest BCUT2D eigenvalue weighted by molar-refractivity contribution is 7.98. The number of rotatable bonds is 8. The number of H-pyrrole nitrogens is 1. The fourth-order valence-electron chi connectivity index (χ4n) is 4.33. The Kier molecular flexibility index (Phi) is 6.51. The number of benzene rings is 1. The van der Waals surface area contributed by atoms with Crippen LogP contribution in [0.2, 0.25) is 0 Å². The first-order chi connectivity index (χ1) is 16.5. The van der Waals surface area contributed by atoms with Gasteiger partial charge < -0.3 is 14.9 Å². The number of aromatic amines is 1. The van der Waals surface area contributed by atoms with Gasteiger partial charge >= 0.3 is 0 Å². The Bertz CT molecular complexity index is 1410. The van der Waals surface area contributed by atoms with Gasteiger partial charge in [0, 0.05) is 42.1 Å². The van der Waals surface area contributed by atoms with E-state index in [-0.39, 0.29) is 17.9 Å². The molecule has 3 heterocycles. The van der Waals surface area contributed by atoms with Crippen LogP contribution in [0.15, 0.2) is 41.5 Å². The summed E-state index contributed by atoms with van der Waals surface area (Å²) in [5.74, 6) is 1.64. The number of thioether (sulfide) groups is 1. The minimum Gasteiger partial charge on any atom is -0.342 e. The van der Waals surface area contributed by atoms with Gasteiger partial charge in [0.15, 0.2) is 0 Å². The van der Waals surface area contributed by atoms with Crippen LogP contribution in [-0.2, 0) is 30.4 Å². The first-order valence-electron chi connectivity index (χ1n) is 11.1. The number of carbonyl (C=O) groups excluding carboxylic acids is 1. The number of aryl methyl sites for hydroxylation is 3. The lowest BCUT2D eigenvalue weighted by Crippen LogP contribution is -2.31. The number of thiophene rings is 1. The molecular formula is C24H24FN5O2S2. The van der Waals surface area contributed by atoms with Crippen LogP contribution in [-0.4, -0.2) is 31.2 Å². The predicted molar refractivity (Wildman–Crippen MR) is 133 cm³/mol. The highest BCUT2D eigenvalue weighted by Crippen LogP contribution is 2.34. The van der Waals surface area contributed by atoms with Gasteiger partial charge in [-0.05, 0) is 30.9 Å². The summed E-state index contributed by atoms with van der Waals surface area (Å²) in [4.78, 5) is 39.2. The molecule has 4 aromatic rings. The summed E-state index contributed by atoms with van der Waals surface area (Å²) in [7, 11) is 1.81. The van der Waals surface area contributed by atoms with E-state index >= 15 is 0 Å². The van der Waals surface area contributed by atoms with E-state index in [1.807, 2.05) is 7.05 Å². The second kappa shape index (κ2) is 9.71. The lowest BCUT2D eigenvalue weighted by Gasteiger charge is -2.19. The van der Waals surface area contributed by atoms with Gasteiger partial charge in [0.25, 0.3) is 5.56 Å². The standard InChI is InChI=1S/C24H24FN5O2S2/c1-30-11-10-26-22(30)21(14-5-2-3-7-16(14)25)29-19(31)9-12-33-13-18-27-23(32)20-15-6-4-8-17(15)34-24(20)28-18/h2-3,5,7,10-11,21H,4,6,8-9,12-13H2,1H3,(H,29,31)(H,27,28,32). The number of carbonyl (C=O) groups is 1. The first-order valence-corrected chi connectivity index (χ1v) is 13.1. The first kappa shape index (κ1) is 22.8. The van der Waals surface area contributed by atoms with Crippen molar-refractivity contribution in [1.82, 2.24) is 24.8 Å². The van der Waals surface area contributed by atoms with E-state index in [0.29, 0.717) is 28.7 Å². The molecule has 1 aromatic carbocycles. The van der Waals surface area contributed by atoms with Crippen molar-refractivity contribution in [3.05, 3.63) is 80.5 Å². The molecule has 34 heavy (non-hydrogen) atoms. The third kappa shape index (κ3) is 4.52. The zero-order valence-corrected chi connectivity index (χ0v) is 20.3. The Balaban J connectivity index is 1.21. The van der Waals surface area contributed by atoms with Crippen LogP contribution >= 0.6 is 23.1 Å². The number of hydrogen-bond donors (Lipinski definition) is 2. The van der Waals surface area contributed by atoms with Gasteiger partial charge in [0.2, 0.25) is 5.91 Å². The van der Waals surface area contributed by atoms with Crippen molar-refractivity contribution in [2.45, 2.75) is 37.5 Å². The van der Waals surface area contributed by atoms with Crippen molar-refractivity contribution in [3.63, 3.8) is 0 Å². The van der Waals surface area contributed by atoms with Gasteiger partial charge in [0.05, 0.1) is 11.1 Å². The molecule has 1 aliphatic rings. The van der Waals surface area contributed by atoms with E-state index in [9.17, 15) is 14.0 Å². The Morgan fingerprint density at radius 3 is 3.00 bits per heavy atom. The minimum absolute atomic E-state index is 0.0689. The molecule has 10 heteroatoms. The highest BCUT2D eigenvalue weighted by atomic mass is 32.2. The zero-order valence-electron chi connectivity index (χ0n) is 18.6. The van der Waals surface area contributed by atoms with Crippen LogP contribution in [0.3, 0.4) is 0 Å². The number of amides is 1. The average molecular weight is 498 g/mol. The molecule has 0 aliphatic heterocycles. The summed E-state index contributed by atoms with van der Waals surface area (Å²) in [6.45, 7) is 0. The van der Waals surface area contributed by atoms with E-state index in [4.69, 9.17) is 0 Å². The predicted octanol–water partition coefficient (Wildman–Crippen LogP) is 3.88. The Morgan fingerprint density at radius 2 is 2.21 bits per heavy atom. The summed E-state index contributed by atoms with van der Waals surface area (Å²) in [5.41, 5.74) is 1.47. The number of fused-ring (bicyclic) bond motifs is 3. The molecular weight excluding hydrogens is 473 g/mol. The van der Waals surface area contributed by atoms with Gasteiger partial charge in [-0.15, -0.1) is 11.3 Å². The molecule has 1 amide bonds. The second-order valence-corrected chi connectivity index (χ2v) is 10.5. The number of aromatic nitrogens is 4. The van der Waals surface area contributed by atoms with E-state index in [1.54, 1.807) is 46.5 Å². The fraction of sp³-hybridized carbons (Fsp3) is 0.333. The topological polar surface area (TPSA) is 92.7 Å². The molecule has 0 saturated heterocycles. The molecule has 176 valence electrons. The van der Waals surface area contributed by atoms with Gasteiger partial charge in [0.1, 0.15) is 28.3 Å². The molecule has 1 unspecified atom stereocenters. The summed E-state index contributed by atoms with van der Waals surface area (Å²) in [5, 5.41) is 3.67. The number of hydrogen-bond acceptors (Lipinski definition) is 6. The molecule has 0 radical (unpaired) electrons. The van der Waals surface area contributed by atoms with Crippen LogP contribution in [0.5, 0.6) is 0 Å². The molecule has 0 bridgehead atoms. The molecule has 0 fully saturated rings. The van der Waals surface area contributed by atoms with Crippen LogP contribution in [0.4, 0.5) is 4.39 Å². The molecule has 2 N–H and O–H groups in total. The molecule has 0 spiro atoms. The van der Waals surface area contributed by atoms with Crippen LogP contribution < -0.4 is 10.9 Å². The van der Waals surface area contributed by atoms with Gasteiger partial charge in [-0.1, -0.05) is 18.2 Å². The quantitative estimate of drug-likeness (QED) is 0.361. The number of nitrogens with one attached hydrogen (secondary N) is 2. The molecule has 1 aliphatic carbocycles. The van der Waals surface area contributed by atoms with Crippen molar-refractivity contribution in [2.24, 2.45) is 7.05 Å². The molecule has 3 aromatic heterocycles. The van der Waals surface area contributed by atoms with Crippen molar-refractivity contribution >= 4 is 39.2 Å². The average Bonchev–Trinajstić information content (AvgIpc) is 3.51. The maximum Gasteiger partial charge on any atom is 0.259 e. The van der Waals surface area contributed by atoms with Crippen molar-refractivity contribution in [1.29, 1.82) is 0 Å². The third-order valence-corrected chi connectivity index (χ3v) is 8.13. The lowest BCUT2D eigenvalue weighted by molar-refractivity contribution is -0.121. The highest BCUT2D eigenvalue weighted by Gasteiger charge is 2.24. The molecule has 7 nitrogen and oxygen atoms in total. The van der Waals surface area contributed by atoms with E-state index < -0.39 is 11.9 Å². The van der Waals surface area contributed by atoms with Gasteiger partial charge in [-0.2, -0.15) is 11.8 Å². The van der Waals surface area contributed by atoms with E-state index in [0.717, 1.165) is 29.5 Å². The maximum atomic E-state index is 14.5. The molecule has 5 rings (SSSR count). The van der Waals surface area contributed by atoms with Gasteiger partial charge in [-0.25, -0.2) is 14.4 Å². The van der Waals surface area contributed by atoms with Crippen LogP contribution in [0.1, 0.15) is 46.5 Å². The summed E-state index contributed by atoms with van der Waals surface area (Å²) >= 11 is 3.15. The van der Waals surface area contributed by atoms with Crippen LogP contribution in [0.25, 0.3) is 10.2 Å². The third-order valence-electron chi connectivity index (χ3n) is 5.97. The SMILES string of the molecule is Cn1ccnc1C(NC(=O)CCSCc1nc2sc3c(c2c(=O)[nH]1)CCC3)c1ccccc1F. The smallest absolute Gasteiger partial charge is 0.259 e. The molecule has 1 atom stereocenters. The largest absolute Gasteiger partial charge is 0.342 e. The van der Waals surface area contributed by atoms with Crippen molar-refractivity contribution < 1.29 is 9.18 Å².